The van der Waals surface area contributed by atoms with E-state index in [2.05, 4.69) is 50.9 Å². The van der Waals surface area contributed by atoms with Crippen molar-refractivity contribution in [3.8, 4) is 5.75 Å². The first-order valence-electron chi connectivity index (χ1n) is 5.50. The van der Waals surface area contributed by atoms with Gasteiger partial charge in [-0.05, 0) is 70.1 Å². The molecule has 0 fully saturated rings. The van der Waals surface area contributed by atoms with E-state index in [9.17, 15) is 0 Å². The van der Waals surface area contributed by atoms with Gasteiger partial charge in [-0.25, -0.2) is 0 Å². The zero-order chi connectivity index (χ0) is 12.8. The summed E-state index contributed by atoms with van der Waals surface area (Å²) < 4.78 is 7.64. The van der Waals surface area contributed by atoms with Gasteiger partial charge in [0.05, 0.1) is 15.6 Å². The summed E-state index contributed by atoms with van der Waals surface area (Å²) in [6.45, 7) is 2.26. The lowest BCUT2D eigenvalue weighted by Crippen LogP contribution is -2.15. The van der Waals surface area contributed by atoms with E-state index in [0.29, 0.717) is 13.2 Å². The highest BCUT2D eigenvalue weighted by Crippen LogP contribution is 2.34. The summed E-state index contributed by atoms with van der Waals surface area (Å²) in [6, 6.07) is 3.98. The fourth-order valence-corrected chi connectivity index (χ4v) is 2.93. The highest BCUT2D eigenvalue weighted by Gasteiger charge is 2.08. The van der Waals surface area contributed by atoms with Gasteiger partial charge >= 0.3 is 0 Å². The first-order valence-corrected chi connectivity index (χ1v) is 7.08. The summed E-state index contributed by atoms with van der Waals surface area (Å²) in [4.78, 5) is 2.14. The molecule has 0 aromatic heterocycles. The maximum absolute atomic E-state index is 5.76. The smallest absolute Gasteiger partial charge is 0.147 e. The molecule has 1 rings (SSSR count). The molecule has 0 aliphatic rings. The Kier molecular flexibility index (Phi) is 6.48. The molecule has 5 heteroatoms. The van der Waals surface area contributed by atoms with Crippen LogP contribution in [0.1, 0.15) is 12.0 Å². The number of rotatable bonds is 6. The van der Waals surface area contributed by atoms with Crippen molar-refractivity contribution in [3.63, 3.8) is 0 Å². The fraction of sp³-hybridized carbons (Fsp3) is 0.500. The summed E-state index contributed by atoms with van der Waals surface area (Å²) in [5.41, 5.74) is 6.68. The van der Waals surface area contributed by atoms with Crippen LogP contribution in [0.25, 0.3) is 0 Å². The van der Waals surface area contributed by atoms with E-state index in [1.54, 1.807) is 0 Å². The molecule has 0 spiro atoms. The zero-order valence-electron chi connectivity index (χ0n) is 10.2. The van der Waals surface area contributed by atoms with Gasteiger partial charge in [0.2, 0.25) is 0 Å². The van der Waals surface area contributed by atoms with Crippen LogP contribution >= 0.6 is 31.9 Å². The predicted octanol–water partition coefficient (Wildman–Crippen LogP) is 3.00. The van der Waals surface area contributed by atoms with E-state index in [-0.39, 0.29) is 0 Å². The molecule has 0 bridgehead atoms. The van der Waals surface area contributed by atoms with Gasteiger partial charge in [-0.3, -0.25) is 0 Å². The van der Waals surface area contributed by atoms with Crippen LogP contribution in [0.4, 0.5) is 0 Å². The van der Waals surface area contributed by atoms with E-state index in [1.807, 2.05) is 12.1 Å². The second kappa shape index (κ2) is 7.36. The molecule has 96 valence electrons. The Hall–Kier alpha value is -0.100. The van der Waals surface area contributed by atoms with Crippen LogP contribution < -0.4 is 10.5 Å². The van der Waals surface area contributed by atoms with Gasteiger partial charge in [-0.15, -0.1) is 0 Å². The van der Waals surface area contributed by atoms with Crippen molar-refractivity contribution in [1.82, 2.24) is 4.90 Å². The summed E-state index contributed by atoms with van der Waals surface area (Å²) in [5, 5.41) is 0. The van der Waals surface area contributed by atoms with Crippen LogP contribution in [-0.2, 0) is 6.54 Å². The van der Waals surface area contributed by atoms with Crippen LogP contribution in [0.2, 0.25) is 0 Å². The number of ether oxygens (including phenoxy) is 1. The number of hydrogen-bond acceptors (Lipinski definition) is 3. The van der Waals surface area contributed by atoms with Crippen molar-refractivity contribution < 1.29 is 4.74 Å². The minimum absolute atomic E-state index is 0.526. The summed E-state index contributed by atoms with van der Waals surface area (Å²) in [7, 11) is 4.11. The number of halogens is 2. The predicted molar refractivity (Wildman–Crippen MR) is 78.4 cm³/mol. The average Bonchev–Trinajstić information content (AvgIpc) is 2.26. The average molecular weight is 366 g/mol. The van der Waals surface area contributed by atoms with Gasteiger partial charge in [0.1, 0.15) is 5.75 Å². The van der Waals surface area contributed by atoms with Gasteiger partial charge in [-0.1, -0.05) is 0 Å². The van der Waals surface area contributed by atoms with E-state index < -0.39 is 0 Å². The van der Waals surface area contributed by atoms with E-state index in [1.165, 1.54) is 0 Å². The number of hydrogen-bond donors (Lipinski definition) is 1. The SMILES string of the molecule is CN(C)CCCOc1c(Br)cc(CN)cc1Br. The topological polar surface area (TPSA) is 38.5 Å². The molecule has 0 atom stereocenters. The van der Waals surface area contributed by atoms with Crippen molar-refractivity contribution >= 4 is 31.9 Å². The minimum atomic E-state index is 0.526. The molecule has 0 saturated carbocycles. The molecule has 2 N–H and O–H groups in total. The summed E-state index contributed by atoms with van der Waals surface area (Å²) in [5.74, 6) is 0.848. The Morgan fingerprint density at radius 3 is 2.29 bits per heavy atom. The zero-order valence-corrected chi connectivity index (χ0v) is 13.3. The van der Waals surface area contributed by atoms with E-state index in [0.717, 1.165) is 33.2 Å². The first-order chi connectivity index (χ1) is 8.04. The van der Waals surface area contributed by atoms with Crippen molar-refractivity contribution in [2.45, 2.75) is 13.0 Å². The number of benzene rings is 1. The monoisotopic (exact) mass is 364 g/mol. The Morgan fingerprint density at radius 1 is 1.24 bits per heavy atom. The molecule has 1 aromatic carbocycles. The molecule has 0 saturated heterocycles. The van der Waals surface area contributed by atoms with E-state index in [4.69, 9.17) is 10.5 Å². The molecular weight excluding hydrogens is 348 g/mol. The Bertz CT molecular complexity index is 347. The van der Waals surface area contributed by atoms with Crippen molar-refractivity contribution in [3.05, 3.63) is 26.6 Å². The fourth-order valence-electron chi connectivity index (χ4n) is 1.42. The van der Waals surface area contributed by atoms with Crippen LogP contribution in [0.15, 0.2) is 21.1 Å². The Morgan fingerprint density at radius 2 is 1.82 bits per heavy atom. The van der Waals surface area contributed by atoms with Crippen molar-refractivity contribution in [2.24, 2.45) is 5.73 Å². The molecular formula is C12H18Br2N2O. The van der Waals surface area contributed by atoms with Crippen molar-refractivity contribution in [2.75, 3.05) is 27.2 Å². The quantitative estimate of drug-likeness (QED) is 0.787. The number of nitrogens with zero attached hydrogens (tertiary/aromatic N) is 1. The minimum Gasteiger partial charge on any atom is -0.491 e. The third-order valence-corrected chi connectivity index (χ3v) is 3.47. The highest BCUT2D eigenvalue weighted by molar-refractivity contribution is 9.11. The molecule has 0 unspecified atom stereocenters. The van der Waals surface area contributed by atoms with Crippen LogP contribution in [0.3, 0.4) is 0 Å². The van der Waals surface area contributed by atoms with Gasteiger partial charge in [-0.2, -0.15) is 0 Å². The van der Waals surface area contributed by atoms with Crippen LogP contribution in [0, 0.1) is 0 Å². The lowest BCUT2D eigenvalue weighted by atomic mass is 10.2. The molecule has 0 amide bonds. The first kappa shape index (κ1) is 15.0. The third-order valence-electron chi connectivity index (χ3n) is 2.29. The van der Waals surface area contributed by atoms with Gasteiger partial charge < -0.3 is 15.4 Å². The molecule has 0 radical (unpaired) electrons. The number of nitrogens with two attached hydrogens (primary N) is 1. The highest BCUT2D eigenvalue weighted by atomic mass is 79.9. The second-order valence-electron chi connectivity index (χ2n) is 4.10. The molecule has 0 aliphatic carbocycles. The Balaban J connectivity index is 2.59. The lowest BCUT2D eigenvalue weighted by molar-refractivity contribution is 0.279. The molecule has 17 heavy (non-hydrogen) atoms. The normalized spacial score (nSPS) is 10.9. The summed E-state index contributed by atoms with van der Waals surface area (Å²) in [6.07, 6.45) is 1.00. The van der Waals surface area contributed by atoms with Gasteiger partial charge in [0.25, 0.3) is 0 Å². The second-order valence-corrected chi connectivity index (χ2v) is 5.81. The molecule has 3 nitrogen and oxygen atoms in total. The lowest BCUT2D eigenvalue weighted by Gasteiger charge is -2.13. The third kappa shape index (κ3) is 4.95. The Labute approximate surface area is 120 Å². The van der Waals surface area contributed by atoms with Crippen molar-refractivity contribution in [1.29, 1.82) is 0 Å². The van der Waals surface area contributed by atoms with Crippen LogP contribution in [-0.4, -0.2) is 32.1 Å². The van der Waals surface area contributed by atoms with Crippen LogP contribution in [0.5, 0.6) is 5.75 Å². The molecule has 1 aromatic rings. The largest absolute Gasteiger partial charge is 0.491 e. The van der Waals surface area contributed by atoms with E-state index >= 15 is 0 Å². The standard InChI is InChI=1S/C12H18Br2N2O/c1-16(2)4-3-5-17-12-10(13)6-9(8-15)7-11(12)14/h6-7H,3-5,8,15H2,1-2H3. The maximum Gasteiger partial charge on any atom is 0.147 e. The van der Waals surface area contributed by atoms with Gasteiger partial charge in [0, 0.05) is 13.1 Å². The molecule has 0 heterocycles. The molecule has 0 aliphatic heterocycles. The summed E-state index contributed by atoms with van der Waals surface area (Å²) >= 11 is 7.00. The van der Waals surface area contributed by atoms with Gasteiger partial charge in [0.15, 0.2) is 0 Å². The maximum atomic E-state index is 5.76.